The number of ether oxygens (including phenoxy) is 1. The van der Waals surface area contributed by atoms with E-state index in [0.29, 0.717) is 26.0 Å². The predicted molar refractivity (Wildman–Crippen MR) is 74.7 cm³/mol. The molecule has 19 heavy (non-hydrogen) atoms. The van der Waals surface area contributed by atoms with Crippen LogP contribution in [-0.4, -0.2) is 18.9 Å². The van der Waals surface area contributed by atoms with Crippen LogP contribution < -0.4 is 4.74 Å². The molecule has 0 N–H and O–H groups in total. The first kappa shape index (κ1) is 15.1. The highest BCUT2D eigenvalue weighted by atomic mass is 16.5. The van der Waals surface area contributed by atoms with Crippen LogP contribution in [-0.2, 0) is 0 Å². The minimum Gasteiger partial charge on any atom is -0.494 e. The van der Waals surface area contributed by atoms with E-state index < -0.39 is 0 Å². The molecule has 0 amide bonds. The fourth-order valence-electron chi connectivity index (χ4n) is 1.89. The van der Waals surface area contributed by atoms with Crippen molar-refractivity contribution in [1.29, 1.82) is 0 Å². The van der Waals surface area contributed by atoms with E-state index in [1.54, 1.807) is 0 Å². The number of nitrogens with zero attached hydrogens (tertiary/aromatic N) is 3. The lowest BCUT2D eigenvalue weighted by Crippen LogP contribution is -2.04. The maximum absolute atomic E-state index is 12.1. The van der Waals surface area contributed by atoms with Crippen LogP contribution in [0.25, 0.3) is 10.4 Å². The molecule has 5 nitrogen and oxygen atoms in total. The van der Waals surface area contributed by atoms with Crippen molar-refractivity contribution in [3.8, 4) is 5.75 Å². The van der Waals surface area contributed by atoms with E-state index in [9.17, 15) is 4.79 Å². The van der Waals surface area contributed by atoms with Gasteiger partial charge >= 0.3 is 0 Å². The third-order valence-corrected chi connectivity index (χ3v) is 2.85. The average Bonchev–Trinajstić information content (AvgIpc) is 2.38. The van der Waals surface area contributed by atoms with Crippen molar-refractivity contribution in [3.63, 3.8) is 0 Å². The molecule has 0 radical (unpaired) electrons. The molecule has 0 aliphatic heterocycles. The second-order valence-electron chi connectivity index (χ2n) is 4.35. The second kappa shape index (κ2) is 7.44. The van der Waals surface area contributed by atoms with E-state index in [1.807, 2.05) is 32.9 Å². The first-order valence-electron chi connectivity index (χ1n) is 6.38. The highest BCUT2D eigenvalue weighted by Crippen LogP contribution is 2.24. The van der Waals surface area contributed by atoms with Crippen LogP contribution in [0, 0.1) is 13.8 Å². The zero-order chi connectivity index (χ0) is 14.3. The van der Waals surface area contributed by atoms with Crippen LogP contribution in [0.2, 0.25) is 0 Å². The number of hydrogen-bond donors (Lipinski definition) is 0. The summed E-state index contributed by atoms with van der Waals surface area (Å²) < 4.78 is 5.50. The Morgan fingerprint density at radius 3 is 2.74 bits per heavy atom. The quantitative estimate of drug-likeness (QED) is 0.245. The molecule has 0 saturated carbocycles. The number of hydrogen-bond acceptors (Lipinski definition) is 3. The summed E-state index contributed by atoms with van der Waals surface area (Å²) in [6, 6.07) is 3.77. The summed E-state index contributed by atoms with van der Waals surface area (Å²) in [6.07, 6.45) is 0.974. The van der Waals surface area contributed by atoms with Gasteiger partial charge in [0.25, 0.3) is 0 Å². The molecule has 0 unspecified atom stereocenters. The number of carbonyl (C=O) groups is 1. The lowest BCUT2D eigenvalue weighted by atomic mass is 9.98. The normalized spacial score (nSPS) is 9.84. The van der Waals surface area contributed by atoms with Crippen molar-refractivity contribution in [3.05, 3.63) is 39.3 Å². The minimum absolute atomic E-state index is 0.0804. The molecule has 0 fully saturated rings. The Hall–Kier alpha value is -2.00. The second-order valence-corrected chi connectivity index (χ2v) is 4.35. The van der Waals surface area contributed by atoms with Gasteiger partial charge in [0.05, 0.1) is 6.61 Å². The van der Waals surface area contributed by atoms with E-state index in [1.165, 1.54) is 0 Å². The summed E-state index contributed by atoms with van der Waals surface area (Å²) in [4.78, 5) is 14.7. The van der Waals surface area contributed by atoms with Gasteiger partial charge in [0.1, 0.15) is 5.75 Å². The van der Waals surface area contributed by atoms with Crippen LogP contribution in [0.3, 0.4) is 0 Å². The molecule has 0 aromatic heterocycles. The molecule has 0 spiro atoms. The summed E-state index contributed by atoms with van der Waals surface area (Å²) in [5, 5.41) is 3.42. The molecule has 5 heteroatoms. The Labute approximate surface area is 113 Å². The van der Waals surface area contributed by atoms with E-state index >= 15 is 0 Å². The van der Waals surface area contributed by atoms with Gasteiger partial charge in [-0.3, -0.25) is 4.79 Å². The third-order valence-electron chi connectivity index (χ3n) is 2.85. The minimum atomic E-state index is 0.0804. The van der Waals surface area contributed by atoms with Gasteiger partial charge in [-0.25, -0.2) is 0 Å². The number of Topliss-reactive ketones (excluding diaryl/α,β-unsaturated/α-hetero) is 1. The van der Waals surface area contributed by atoms with E-state index in [-0.39, 0.29) is 5.78 Å². The lowest BCUT2D eigenvalue weighted by molar-refractivity contribution is 0.0980. The van der Waals surface area contributed by atoms with Crippen molar-refractivity contribution >= 4 is 5.78 Å². The molecule has 0 aliphatic rings. The molecule has 0 atom stereocenters. The van der Waals surface area contributed by atoms with E-state index in [2.05, 4.69) is 10.0 Å². The van der Waals surface area contributed by atoms with Crippen molar-refractivity contribution in [1.82, 2.24) is 0 Å². The van der Waals surface area contributed by atoms with Crippen LogP contribution in [0.5, 0.6) is 5.75 Å². The standard InChI is InChI=1S/C14H19N3O2/c1-4-19-14-9-10(2)12(8-11(14)3)13(18)6-5-7-16-17-15/h8-9H,4-7H2,1-3H3. The van der Waals surface area contributed by atoms with Gasteiger partial charge in [0, 0.05) is 23.4 Å². The van der Waals surface area contributed by atoms with Crippen LogP contribution in [0.15, 0.2) is 17.2 Å². The summed E-state index contributed by atoms with van der Waals surface area (Å²) in [5.41, 5.74) is 10.8. The van der Waals surface area contributed by atoms with Crippen LogP contribution in [0.1, 0.15) is 41.3 Å². The van der Waals surface area contributed by atoms with Gasteiger partial charge in [-0.05, 0) is 56.0 Å². The Morgan fingerprint density at radius 2 is 2.11 bits per heavy atom. The van der Waals surface area contributed by atoms with Gasteiger partial charge < -0.3 is 4.74 Å². The third kappa shape index (κ3) is 4.30. The molecule has 0 aliphatic carbocycles. The van der Waals surface area contributed by atoms with Gasteiger partial charge in [0.15, 0.2) is 5.78 Å². The molecule has 1 aromatic carbocycles. The van der Waals surface area contributed by atoms with Gasteiger partial charge in [-0.2, -0.15) is 0 Å². The average molecular weight is 261 g/mol. The Morgan fingerprint density at radius 1 is 1.37 bits per heavy atom. The molecule has 0 bridgehead atoms. The highest BCUT2D eigenvalue weighted by Gasteiger charge is 2.11. The smallest absolute Gasteiger partial charge is 0.163 e. The summed E-state index contributed by atoms with van der Waals surface area (Å²) in [7, 11) is 0. The van der Waals surface area contributed by atoms with E-state index in [0.717, 1.165) is 22.4 Å². The fraction of sp³-hybridized carbons (Fsp3) is 0.500. The van der Waals surface area contributed by atoms with Gasteiger partial charge in [0.2, 0.25) is 0 Å². The SMILES string of the molecule is CCOc1cc(C)c(C(=O)CCCN=[N+]=[N-])cc1C. The molecular formula is C14H19N3O2. The Bertz CT molecular complexity index is 506. The molecule has 1 aromatic rings. The van der Waals surface area contributed by atoms with Crippen molar-refractivity contribution in [2.24, 2.45) is 5.11 Å². The Kier molecular flexibility index (Phi) is 5.90. The summed E-state index contributed by atoms with van der Waals surface area (Å²) in [5.74, 6) is 0.905. The van der Waals surface area contributed by atoms with E-state index in [4.69, 9.17) is 10.3 Å². The number of carbonyl (C=O) groups excluding carboxylic acids is 1. The highest BCUT2D eigenvalue weighted by molar-refractivity contribution is 5.97. The Balaban J connectivity index is 2.80. The summed E-state index contributed by atoms with van der Waals surface area (Å²) >= 11 is 0. The number of rotatable bonds is 7. The van der Waals surface area contributed by atoms with Crippen LogP contribution in [0.4, 0.5) is 0 Å². The molecular weight excluding hydrogens is 242 g/mol. The maximum atomic E-state index is 12.1. The zero-order valence-corrected chi connectivity index (χ0v) is 11.6. The van der Waals surface area contributed by atoms with Gasteiger partial charge in [-0.15, -0.1) is 0 Å². The number of ketones is 1. The summed E-state index contributed by atoms with van der Waals surface area (Å²) in [6.45, 7) is 6.74. The largest absolute Gasteiger partial charge is 0.494 e. The maximum Gasteiger partial charge on any atom is 0.163 e. The fourth-order valence-corrected chi connectivity index (χ4v) is 1.89. The lowest BCUT2D eigenvalue weighted by Gasteiger charge is -2.11. The predicted octanol–water partition coefficient (Wildman–Crippen LogP) is 3.98. The number of azide groups is 1. The molecule has 0 heterocycles. The molecule has 0 saturated heterocycles. The van der Waals surface area contributed by atoms with Crippen LogP contribution >= 0.6 is 0 Å². The first-order chi connectivity index (χ1) is 9.10. The first-order valence-corrected chi connectivity index (χ1v) is 6.38. The van der Waals surface area contributed by atoms with Crippen molar-refractivity contribution in [2.75, 3.05) is 13.2 Å². The number of aryl methyl sites for hydroxylation is 2. The zero-order valence-electron chi connectivity index (χ0n) is 11.6. The van der Waals surface area contributed by atoms with Crippen molar-refractivity contribution in [2.45, 2.75) is 33.6 Å². The molecule has 102 valence electrons. The molecule has 1 rings (SSSR count). The monoisotopic (exact) mass is 261 g/mol. The number of benzene rings is 1. The van der Waals surface area contributed by atoms with Crippen molar-refractivity contribution < 1.29 is 9.53 Å². The topological polar surface area (TPSA) is 75.1 Å². The van der Waals surface area contributed by atoms with Gasteiger partial charge in [-0.1, -0.05) is 5.11 Å².